The van der Waals surface area contributed by atoms with Crippen LogP contribution in [0.25, 0.3) is 0 Å². The van der Waals surface area contributed by atoms with Crippen molar-refractivity contribution >= 4 is 15.9 Å². The van der Waals surface area contributed by atoms with Crippen molar-refractivity contribution in [3.05, 3.63) is 64.1 Å². The first-order valence-corrected chi connectivity index (χ1v) is 5.77. The van der Waals surface area contributed by atoms with Crippen molar-refractivity contribution in [2.24, 2.45) is 0 Å². The zero-order valence-corrected chi connectivity index (χ0v) is 10.4. The Morgan fingerprint density at radius 2 is 1.88 bits per heavy atom. The van der Waals surface area contributed by atoms with Crippen LogP contribution in [0.5, 0.6) is 5.75 Å². The highest BCUT2D eigenvalue weighted by Crippen LogP contribution is 2.21. The highest BCUT2D eigenvalue weighted by atomic mass is 79.9. The summed E-state index contributed by atoms with van der Waals surface area (Å²) in [6.07, 6.45) is 0. The Morgan fingerprint density at radius 3 is 2.59 bits per heavy atom. The van der Waals surface area contributed by atoms with E-state index in [2.05, 4.69) is 15.9 Å². The molecular weight excluding hydrogens is 290 g/mol. The first-order valence-electron chi connectivity index (χ1n) is 4.97. The van der Waals surface area contributed by atoms with E-state index in [0.29, 0.717) is 15.8 Å². The van der Waals surface area contributed by atoms with Gasteiger partial charge in [0.15, 0.2) is 0 Å². The van der Waals surface area contributed by atoms with Crippen LogP contribution in [0, 0.1) is 11.6 Å². The minimum atomic E-state index is -0.387. The standard InChI is InChI=1S/C13H9BrF2O/c14-12-5-4-11(7-13(12)16)17-8-9-2-1-3-10(15)6-9/h1-7H,8H2. The maximum Gasteiger partial charge on any atom is 0.141 e. The fourth-order valence-corrected chi connectivity index (χ4v) is 1.61. The lowest BCUT2D eigenvalue weighted by Gasteiger charge is -2.06. The molecule has 0 saturated heterocycles. The Bertz CT molecular complexity index is 529. The molecule has 0 aliphatic heterocycles. The minimum Gasteiger partial charge on any atom is -0.489 e. The molecule has 1 nitrogen and oxygen atoms in total. The molecule has 0 radical (unpaired) electrons. The zero-order chi connectivity index (χ0) is 12.3. The molecule has 0 spiro atoms. The summed E-state index contributed by atoms with van der Waals surface area (Å²) in [4.78, 5) is 0. The molecular formula is C13H9BrF2O. The third-order valence-electron chi connectivity index (χ3n) is 2.19. The van der Waals surface area contributed by atoms with Crippen LogP contribution in [0.1, 0.15) is 5.56 Å². The van der Waals surface area contributed by atoms with Crippen molar-refractivity contribution in [1.82, 2.24) is 0 Å². The molecule has 0 fully saturated rings. The van der Waals surface area contributed by atoms with Crippen LogP contribution < -0.4 is 4.74 Å². The van der Waals surface area contributed by atoms with E-state index in [1.165, 1.54) is 18.2 Å². The summed E-state index contributed by atoms with van der Waals surface area (Å²) in [7, 11) is 0. The molecule has 0 unspecified atom stereocenters. The molecule has 2 aromatic carbocycles. The fraction of sp³-hybridized carbons (Fsp3) is 0.0769. The summed E-state index contributed by atoms with van der Waals surface area (Å²) in [5.41, 5.74) is 0.702. The SMILES string of the molecule is Fc1cccc(COc2ccc(Br)c(F)c2)c1. The molecule has 0 aromatic heterocycles. The Hall–Kier alpha value is -1.42. The van der Waals surface area contributed by atoms with Crippen LogP contribution >= 0.6 is 15.9 Å². The third-order valence-corrected chi connectivity index (χ3v) is 2.83. The molecule has 2 aromatic rings. The molecule has 0 aliphatic rings. The fourth-order valence-electron chi connectivity index (χ4n) is 1.36. The number of halogens is 3. The second-order valence-corrected chi connectivity index (χ2v) is 4.35. The third kappa shape index (κ3) is 3.27. The van der Waals surface area contributed by atoms with Gasteiger partial charge in [-0.15, -0.1) is 0 Å². The van der Waals surface area contributed by atoms with E-state index in [1.54, 1.807) is 24.3 Å². The maximum absolute atomic E-state index is 13.2. The van der Waals surface area contributed by atoms with Crippen molar-refractivity contribution < 1.29 is 13.5 Å². The number of hydrogen-bond donors (Lipinski definition) is 0. The van der Waals surface area contributed by atoms with Gasteiger partial charge in [0.1, 0.15) is 24.0 Å². The topological polar surface area (TPSA) is 9.23 Å². The van der Waals surface area contributed by atoms with Gasteiger partial charge in [0, 0.05) is 6.07 Å². The van der Waals surface area contributed by atoms with Gasteiger partial charge in [-0.1, -0.05) is 12.1 Å². The predicted octanol–water partition coefficient (Wildman–Crippen LogP) is 4.31. The van der Waals surface area contributed by atoms with Gasteiger partial charge >= 0.3 is 0 Å². The second kappa shape index (κ2) is 5.27. The Morgan fingerprint density at radius 1 is 1.06 bits per heavy atom. The molecule has 0 aliphatic carbocycles. The Balaban J connectivity index is 2.05. The van der Waals surface area contributed by atoms with Crippen molar-refractivity contribution in [2.45, 2.75) is 6.61 Å². The highest BCUT2D eigenvalue weighted by Gasteiger charge is 2.02. The molecule has 0 N–H and O–H groups in total. The Kier molecular flexibility index (Phi) is 3.74. The smallest absolute Gasteiger partial charge is 0.141 e. The lowest BCUT2D eigenvalue weighted by Crippen LogP contribution is -1.96. The molecule has 17 heavy (non-hydrogen) atoms. The summed E-state index contributed by atoms with van der Waals surface area (Å²) >= 11 is 3.05. The van der Waals surface area contributed by atoms with Crippen molar-refractivity contribution in [3.8, 4) is 5.75 Å². The van der Waals surface area contributed by atoms with Gasteiger partial charge in [0.2, 0.25) is 0 Å². The summed E-state index contributed by atoms with van der Waals surface area (Å²) in [5.74, 6) is -0.287. The number of benzene rings is 2. The van der Waals surface area contributed by atoms with Crippen molar-refractivity contribution in [1.29, 1.82) is 0 Å². The van der Waals surface area contributed by atoms with Crippen LogP contribution in [-0.2, 0) is 6.61 Å². The van der Waals surface area contributed by atoms with E-state index in [-0.39, 0.29) is 18.2 Å². The van der Waals surface area contributed by atoms with Gasteiger partial charge in [0.05, 0.1) is 4.47 Å². The van der Waals surface area contributed by atoms with Gasteiger partial charge in [-0.3, -0.25) is 0 Å². The molecule has 2 rings (SSSR count). The van der Waals surface area contributed by atoms with E-state index in [0.717, 1.165) is 0 Å². The van der Waals surface area contributed by atoms with E-state index in [9.17, 15) is 8.78 Å². The van der Waals surface area contributed by atoms with Crippen LogP contribution in [0.3, 0.4) is 0 Å². The lowest BCUT2D eigenvalue weighted by atomic mass is 10.2. The van der Waals surface area contributed by atoms with Gasteiger partial charge < -0.3 is 4.74 Å². The monoisotopic (exact) mass is 298 g/mol. The quantitative estimate of drug-likeness (QED) is 0.820. The van der Waals surface area contributed by atoms with E-state index in [4.69, 9.17) is 4.74 Å². The van der Waals surface area contributed by atoms with Crippen molar-refractivity contribution in [3.63, 3.8) is 0 Å². The van der Waals surface area contributed by atoms with Gasteiger partial charge in [-0.2, -0.15) is 0 Å². The summed E-state index contributed by atoms with van der Waals surface area (Å²) in [5, 5.41) is 0. The first kappa shape index (κ1) is 12.0. The van der Waals surface area contributed by atoms with Gasteiger partial charge in [-0.05, 0) is 45.8 Å². The summed E-state index contributed by atoms with van der Waals surface area (Å²) in [6, 6.07) is 10.6. The molecule has 88 valence electrons. The maximum atomic E-state index is 13.2. The minimum absolute atomic E-state index is 0.207. The average Bonchev–Trinajstić information content (AvgIpc) is 2.31. The van der Waals surface area contributed by atoms with Crippen LogP contribution in [-0.4, -0.2) is 0 Å². The largest absolute Gasteiger partial charge is 0.489 e. The second-order valence-electron chi connectivity index (χ2n) is 3.49. The Labute approximate surface area is 106 Å². The normalized spacial score (nSPS) is 10.3. The summed E-state index contributed by atoms with van der Waals surface area (Å²) in [6.45, 7) is 0.207. The van der Waals surface area contributed by atoms with E-state index in [1.807, 2.05) is 0 Å². The van der Waals surface area contributed by atoms with Crippen LogP contribution in [0.15, 0.2) is 46.9 Å². The van der Waals surface area contributed by atoms with Crippen LogP contribution in [0.2, 0.25) is 0 Å². The molecule has 0 atom stereocenters. The molecule has 0 bridgehead atoms. The summed E-state index contributed by atoms with van der Waals surface area (Å²) < 4.78 is 31.8. The molecule has 0 amide bonds. The van der Waals surface area contributed by atoms with E-state index < -0.39 is 0 Å². The molecule has 4 heteroatoms. The van der Waals surface area contributed by atoms with Gasteiger partial charge in [0.25, 0.3) is 0 Å². The highest BCUT2D eigenvalue weighted by molar-refractivity contribution is 9.10. The van der Waals surface area contributed by atoms with Crippen molar-refractivity contribution in [2.75, 3.05) is 0 Å². The predicted molar refractivity (Wildman–Crippen MR) is 64.8 cm³/mol. The van der Waals surface area contributed by atoms with E-state index >= 15 is 0 Å². The average molecular weight is 299 g/mol. The molecule has 0 saturated carbocycles. The number of rotatable bonds is 3. The zero-order valence-electron chi connectivity index (χ0n) is 8.79. The van der Waals surface area contributed by atoms with Crippen LogP contribution in [0.4, 0.5) is 8.78 Å². The molecule has 0 heterocycles. The van der Waals surface area contributed by atoms with Gasteiger partial charge in [-0.25, -0.2) is 8.78 Å². The lowest BCUT2D eigenvalue weighted by molar-refractivity contribution is 0.304. The first-order chi connectivity index (χ1) is 8.15. The number of ether oxygens (including phenoxy) is 1. The number of hydrogen-bond acceptors (Lipinski definition) is 1.